The third-order valence-corrected chi connectivity index (χ3v) is 2.47. The van der Waals surface area contributed by atoms with Crippen molar-refractivity contribution in [1.29, 1.82) is 0 Å². The van der Waals surface area contributed by atoms with Gasteiger partial charge in [0.05, 0.1) is 6.10 Å². The molecule has 0 amide bonds. The summed E-state index contributed by atoms with van der Waals surface area (Å²) in [6, 6.07) is 1.23. The molecule has 12 heavy (non-hydrogen) atoms. The van der Waals surface area contributed by atoms with Gasteiger partial charge in [0, 0.05) is 19.2 Å². The molecule has 2 heteroatoms. The number of nitrogens with one attached hydrogen (secondary N) is 1. The summed E-state index contributed by atoms with van der Waals surface area (Å²) in [5.41, 5.74) is 0. The van der Waals surface area contributed by atoms with Gasteiger partial charge in [-0.3, -0.25) is 0 Å². The molecule has 0 aromatic carbocycles. The molecule has 0 radical (unpaired) electrons. The smallest absolute Gasteiger partial charge is 0.0601 e. The van der Waals surface area contributed by atoms with Crippen molar-refractivity contribution >= 4 is 0 Å². The molecule has 1 atom stereocenters. The van der Waals surface area contributed by atoms with Crippen molar-refractivity contribution in [3.63, 3.8) is 0 Å². The summed E-state index contributed by atoms with van der Waals surface area (Å²) in [7, 11) is 1.79. The lowest BCUT2D eigenvalue weighted by Gasteiger charge is -2.36. The third-order valence-electron chi connectivity index (χ3n) is 2.47. The number of ether oxygens (including phenoxy) is 1. The summed E-state index contributed by atoms with van der Waals surface area (Å²) in [4.78, 5) is 0. The highest BCUT2D eigenvalue weighted by Gasteiger charge is 2.29. The lowest BCUT2D eigenvalue weighted by molar-refractivity contribution is 0.0149. The minimum Gasteiger partial charge on any atom is -0.381 e. The van der Waals surface area contributed by atoms with Crippen molar-refractivity contribution in [3.05, 3.63) is 12.7 Å². The highest BCUT2D eigenvalue weighted by Crippen LogP contribution is 2.23. The second-order valence-corrected chi connectivity index (χ2v) is 3.62. The molecule has 0 saturated heterocycles. The number of hydrogen-bond donors (Lipinski definition) is 1. The molecule has 1 saturated carbocycles. The van der Waals surface area contributed by atoms with Gasteiger partial charge < -0.3 is 10.1 Å². The molecule has 0 spiro atoms. The highest BCUT2D eigenvalue weighted by molar-refractivity contribution is 4.88. The van der Waals surface area contributed by atoms with Crippen LogP contribution in [0.1, 0.15) is 26.2 Å². The van der Waals surface area contributed by atoms with E-state index in [9.17, 15) is 0 Å². The first-order valence-corrected chi connectivity index (χ1v) is 4.66. The van der Waals surface area contributed by atoms with Gasteiger partial charge in [0.2, 0.25) is 0 Å². The average Bonchev–Trinajstić information content (AvgIpc) is 1.96. The van der Waals surface area contributed by atoms with Crippen LogP contribution >= 0.6 is 0 Å². The molecule has 1 aliphatic rings. The standard InChI is InChI=1S/C10H19NO/c1-4-5-8(2)11-9-6-10(7-9)12-3/h4,8-11H,1,5-7H2,2-3H3. The Labute approximate surface area is 75.0 Å². The predicted molar refractivity (Wildman–Crippen MR) is 51.2 cm³/mol. The van der Waals surface area contributed by atoms with Gasteiger partial charge in [0.1, 0.15) is 0 Å². The topological polar surface area (TPSA) is 21.3 Å². The first kappa shape index (κ1) is 9.75. The molecular weight excluding hydrogens is 150 g/mol. The largest absolute Gasteiger partial charge is 0.381 e. The molecule has 70 valence electrons. The van der Waals surface area contributed by atoms with Crippen LogP contribution in [0.5, 0.6) is 0 Å². The Morgan fingerprint density at radius 1 is 1.67 bits per heavy atom. The van der Waals surface area contributed by atoms with Gasteiger partial charge >= 0.3 is 0 Å². The summed E-state index contributed by atoms with van der Waals surface area (Å²) in [6.45, 7) is 5.91. The molecule has 1 aliphatic carbocycles. The SMILES string of the molecule is C=CCC(C)NC1CC(OC)C1. The number of rotatable bonds is 5. The van der Waals surface area contributed by atoms with Gasteiger partial charge in [0.25, 0.3) is 0 Å². The van der Waals surface area contributed by atoms with E-state index in [1.165, 1.54) is 0 Å². The van der Waals surface area contributed by atoms with Crippen LogP contribution in [-0.2, 0) is 4.74 Å². The first-order chi connectivity index (χ1) is 5.76. The fourth-order valence-corrected chi connectivity index (χ4v) is 1.61. The number of hydrogen-bond acceptors (Lipinski definition) is 2. The van der Waals surface area contributed by atoms with E-state index in [2.05, 4.69) is 18.8 Å². The van der Waals surface area contributed by atoms with E-state index in [1.54, 1.807) is 7.11 Å². The van der Waals surface area contributed by atoms with Crippen molar-refractivity contribution in [2.24, 2.45) is 0 Å². The normalized spacial score (nSPS) is 30.8. The lowest BCUT2D eigenvalue weighted by atomic mass is 9.88. The second kappa shape index (κ2) is 4.63. The summed E-state index contributed by atoms with van der Waals surface area (Å²) < 4.78 is 5.20. The molecule has 0 aliphatic heterocycles. The fraction of sp³-hybridized carbons (Fsp3) is 0.800. The van der Waals surface area contributed by atoms with E-state index in [-0.39, 0.29) is 0 Å². The minimum absolute atomic E-state index is 0.499. The Hall–Kier alpha value is -0.340. The molecule has 0 heterocycles. The zero-order valence-electron chi connectivity index (χ0n) is 8.05. The quantitative estimate of drug-likeness (QED) is 0.633. The Kier molecular flexibility index (Phi) is 3.76. The van der Waals surface area contributed by atoms with Crippen molar-refractivity contribution in [2.45, 2.75) is 44.4 Å². The lowest BCUT2D eigenvalue weighted by Crippen LogP contribution is -2.48. The Morgan fingerprint density at radius 3 is 2.83 bits per heavy atom. The summed E-state index contributed by atoms with van der Waals surface area (Å²) in [5, 5.41) is 3.53. The van der Waals surface area contributed by atoms with Crippen molar-refractivity contribution in [3.8, 4) is 0 Å². The Bertz CT molecular complexity index is 141. The molecule has 1 rings (SSSR count). The second-order valence-electron chi connectivity index (χ2n) is 3.62. The number of methoxy groups -OCH3 is 1. The monoisotopic (exact) mass is 169 g/mol. The predicted octanol–water partition coefficient (Wildman–Crippen LogP) is 1.72. The highest BCUT2D eigenvalue weighted by atomic mass is 16.5. The van der Waals surface area contributed by atoms with Crippen LogP contribution in [0.25, 0.3) is 0 Å². The maximum absolute atomic E-state index is 5.20. The zero-order chi connectivity index (χ0) is 8.97. The van der Waals surface area contributed by atoms with Crippen LogP contribution in [0.3, 0.4) is 0 Å². The fourth-order valence-electron chi connectivity index (χ4n) is 1.61. The summed E-state index contributed by atoms with van der Waals surface area (Å²) in [5.74, 6) is 0. The van der Waals surface area contributed by atoms with E-state index >= 15 is 0 Å². The summed E-state index contributed by atoms with van der Waals surface area (Å²) >= 11 is 0. The van der Waals surface area contributed by atoms with E-state index < -0.39 is 0 Å². The maximum Gasteiger partial charge on any atom is 0.0601 e. The van der Waals surface area contributed by atoms with Gasteiger partial charge in [-0.05, 0) is 26.2 Å². The van der Waals surface area contributed by atoms with E-state index in [0.717, 1.165) is 19.3 Å². The molecular formula is C10H19NO. The molecule has 0 aromatic heterocycles. The maximum atomic E-state index is 5.20. The van der Waals surface area contributed by atoms with Gasteiger partial charge in [-0.25, -0.2) is 0 Å². The van der Waals surface area contributed by atoms with Crippen LogP contribution in [0.2, 0.25) is 0 Å². The summed E-state index contributed by atoms with van der Waals surface area (Å²) in [6.07, 6.45) is 5.84. The van der Waals surface area contributed by atoms with Crippen LogP contribution in [0.4, 0.5) is 0 Å². The molecule has 0 bridgehead atoms. The van der Waals surface area contributed by atoms with Crippen LogP contribution in [0, 0.1) is 0 Å². The molecule has 1 N–H and O–H groups in total. The van der Waals surface area contributed by atoms with Crippen LogP contribution < -0.4 is 5.32 Å². The van der Waals surface area contributed by atoms with E-state index in [4.69, 9.17) is 4.74 Å². The Balaban J connectivity index is 2.05. The molecule has 1 unspecified atom stereocenters. The molecule has 2 nitrogen and oxygen atoms in total. The molecule has 1 fully saturated rings. The van der Waals surface area contributed by atoms with Gasteiger partial charge in [-0.2, -0.15) is 0 Å². The van der Waals surface area contributed by atoms with Gasteiger partial charge in [-0.1, -0.05) is 6.08 Å². The molecule has 0 aromatic rings. The van der Waals surface area contributed by atoms with Crippen LogP contribution in [0.15, 0.2) is 12.7 Å². The zero-order valence-corrected chi connectivity index (χ0v) is 8.05. The van der Waals surface area contributed by atoms with Crippen molar-refractivity contribution in [2.75, 3.05) is 7.11 Å². The third kappa shape index (κ3) is 2.61. The van der Waals surface area contributed by atoms with Crippen molar-refractivity contribution in [1.82, 2.24) is 5.32 Å². The van der Waals surface area contributed by atoms with Gasteiger partial charge in [-0.15, -0.1) is 6.58 Å². The van der Waals surface area contributed by atoms with Gasteiger partial charge in [0.15, 0.2) is 0 Å². The first-order valence-electron chi connectivity index (χ1n) is 4.66. The van der Waals surface area contributed by atoms with Crippen molar-refractivity contribution < 1.29 is 4.74 Å². The minimum atomic E-state index is 0.499. The van der Waals surface area contributed by atoms with Crippen LogP contribution in [-0.4, -0.2) is 25.3 Å². The Morgan fingerprint density at radius 2 is 2.33 bits per heavy atom. The average molecular weight is 169 g/mol. The van der Waals surface area contributed by atoms with E-state index in [0.29, 0.717) is 18.2 Å². The van der Waals surface area contributed by atoms with E-state index in [1.807, 2.05) is 6.08 Å².